The molecule has 100 valence electrons. The zero-order chi connectivity index (χ0) is 14.0. The van der Waals surface area contributed by atoms with Gasteiger partial charge in [0.05, 0.1) is 11.9 Å². The van der Waals surface area contributed by atoms with Crippen LogP contribution in [0.2, 0.25) is 0 Å². The second-order valence-corrected chi connectivity index (χ2v) is 6.29. The fourth-order valence-corrected chi connectivity index (χ4v) is 3.47. The van der Waals surface area contributed by atoms with Gasteiger partial charge in [0.1, 0.15) is 0 Å². The average molecular weight is 324 g/mol. The Hall–Kier alpha value is -0.594. The van der Waals surface area contributed by atoms with Crippen molar-refractivity contribution < 1.29 is 60.8 Å². The van der Waals surface area contributed by atoms with Crippen molar-refractivity contribution in [2.75, 3.05) is 0 Å². The molecule has 0 fully saturated rings. The van der Waals surface area contributed by atoms with Gasteiger partial charge < -0.3 is 4.89 Å². The Balaban J connectivity index is 0.00000161. The molecule has 2 heterocycles. The van der Waals surface area contributed by atoms with Gasteiger partial charge in [0, 0.05) is 23.9 Å². The first-order chi connectivity index (χ1) is 9.69. The minimum absolute atomic E-state index is 0. The second-order valence-electron chi connectivity index (χ2n) is 4.22. The predicted octanol–water partition coefficient (Wildman–Crippen LogP) is -1.51. The summed E-state index contributed by atoms with van der Waals surface area (Å²) in [5.74, 6) is 0. The summed E-state index contributed by atoms with van der Waals surface area (Å²) in [6.07, 6.45) is 6.43. The third kappa shape index (κ3) is 3.43. The number of nitrogens with zero attached hydrogens (tertiary/aromatic N) is 3. The molecule has 0 aliphatic heterocycles. The van der Waals surface area contributed by atoms with Gasteiger partial charge in [-0.2, -0.15) is 0 Å². The zero-order valence-electron chi connectivity index (χ0n) is 11.5. The van der Waals surface area contributed by atoms with Gasteiger partial charge in [-0.3, -0.25) is 14.1 Å². The van der Waals surface area contributed by atoms with Crippen LogP contribution in [-0.4, -0.2) is 19.4 Å². The van der Waals surface area contributed by atoms with Gasteiger partial charge in [-0.15, -0.1) is 0 Å². The fraction of sp³-hybridized carbons (Fsp3) is 0. The van der Waals surface area contributed by atoms with Crippen LogP contribution in [0, 0.1) is 0 Å². The number of hydrogen-bond donors (Lipinski definition) is 1. The summed E-state index contributed by atoms with van der Waals surface area (Å²) in [5.41, 5.74) is 0.821. The van der Waals surface area contributed by atoms with Crippen molar-refractivity contribution in [3.05, 3.63) is 67.3 Å². The van der Waals surface area contributed by atoms with E-state index in [2.05, 4.69) is 9.97 Å². The maximum Gasteiger partial charge on any atom is 1.00 e. The average Bonchev–Trinajstić information content (AvgIpc) is 2.99. The van der Waals surface area contributed by atoms with Crippen LogP contribution >= 0.6 is 7.37 Å². The standard InChI is InChI=1S/C14H12N3O2P.K/c18-20(19,13-6-2-1-3-7-13)14-16-9-10-17(14)12-5-4-8-15-11-12;/h1-11H,(H,18,19);/q;+1. The molecule has 21 heavy (non-hydrogen) atoms. The predicted molar refractivity (Wildman–Crippen MR) is 76.9 cm³/mol. The van der Waals surface area contributed by atoms with Crippen LogP contribution in [0.3, 0.4) is 0 Å². The van der Waals surface area contributed by atoms with E-state index in [1.54, 1.807) is 59.6 Å². The molecule has 5 nitrogen and oxygen atoms in total. The molecule has 0 bridgehead atoms. The normalized spacial score (nSPS) is 13.2. The number of imidazole rings is 1. The molecule has 0 saturated carbocycles. The molecule has 1 atom stereocenters. The minimum atomic E-state index is -3.73. The van der Waals surface area contributed by atoms with E-state index in [4.69, 9.17) is 0 Å². The Kier molecular flexibility index (Phi) is 5.68. The molecule has 0 aliphatic rings. The van der Waals surface area contributed by atoms with Crippen molar-refractivity contribution in [1.29, 1.82) is 0 Å². The van der Waals surface area contributed by atoms with Gasteiger partial charge in [0.2, 0.25) is 5.57 Å². The summed E-state index contributed by atoms with van der Waals surface area (Å²) in [4.78, 5) is 18.5. The van der Waals surface area contributed by atoms with Gasteiger partial charge in [-0.05, 0) is 24.3 Å². The maximum atomic E-state index is 12.7. The van der Waals surface area contributed by atoms with Gasteiger partial charge in [0.25, 0.3) is 7.37 Å². The first kappa shape index (κ1) is 16.8. The monoisotopic (exact) mass is 324 g/mol. The molecule has 1 unspecified atom stereocenters. The quantitative estimate of drug-likeness (QED) is 0.470. The van der Waals surface area contributed by atoms with E-state index in [9.17, 15) is 9.46 Å². The molecule has 0 amide bonds. The summed E-state index contributed by atoms with van der Waals surface area (Å²) in [5, 5.41) is 0.358. The SMILES string of the molecule is O=P(O)(c1ccccc1)c1nccn1-c1cccnc1.[K+]. The minimum Gasteiger partial charge on any atom is -0.336 e. The van der Waals surface area contributed by atoms with Crippen LogP contribution in [0.1, 0.15) is 0 Å². The van der Waals surface area contributed by atoms with E-state index in [1.807, 2.05) is 6.07 Å². The maximum absolute atomic E-state index is 12.7. The number of rotatable bonds is 3. The largest absolute Gasteiger partial charge is 1.00 e. The van der Waals surface area contributed by atoms with E-state index in [0.29, 0.717) is 11.0 Å². The number of aromatic nitrogens is 3. The van der Waals surface area contributed by atoms with Crippen molar-refractivity contribution in [3.63, 3.8) is 0 Å². The van der Waals surface area contributed by atoms with E-state index < -0.39 is 7.37 Å². The van der Waals surface area contributed by atoms with Crippen LogP contribution < -0.4 is 62.3 Å². The van der Waals surface area contributed by atoms with Crippen LogP contribution in [0.25, 0.3) is 5.69 Å². The van der Waals surface area contributed by atoms with Crippen molar-refractivity contribution in [3.8, 4) is 5.69 Å². The van der Waals surface area contributed by atoms with E-state index >= 15 is 0 Å². The molecule has 3 rings (SSSR count). The van der Waals surface area contributed by atoms with Crippen LogP contribution in [-0.2, 0) is 4.57 Å². The number of benzene rings is 1. The number of pyridine rings is 1. The van der Waals surface area contributed by atoms with Crippen molar-refractivity contribution in [1.82, 2.24) is 14.5 Å². The Labute approximate surface area is 164 Å². The van der Waals surface area contributed by atoms with Crippen molar-refractivity contribution >= 4 is 18.2 Å². The van der Waals surface area contributed by atoms with Gasteiger partial charge in [-0.25, -0.2) is 4.98 Å². The Bertz CT molecular complexity index is 762. The van der Waals surface area contributed by atoms with Gasteiger partial charge in [0.15, 0.2) is 0 Å². The molecule has 3 aromatic rings. The van der Waals surface area contributed by atoms with Crippen molar-refractivity contribution in [2.45, 2.75) is 0 Å². The molecule has 0 spiro atoms. The zero-order valence-corrected chi connectivity index (χ0v) is 15.5. The van der Waals surface area contributed by atoms with E-state index in [-0.39, 0.29) is 57.0 Å². The summed E-state index contributed by atoms with van der Waals surface area (Å²) >= 11 is 0. The van der Waals surface area contributed by atoms with Crippen molar-refractivity contribution in [2.24, 2.45) is 0 Å². The smallest absolute Gasteiger partial charge is 0.336 e. The summed E-state index contributed by atoms with van der Waals surface area (Å²) in [6.45, 7) is 0. The fourth-order valence-electron chi connectivity index (χ4n) is 1.96. The third-order valence-electron chi connectivity index (χ3n) is 2.92. The molecule has 0 saturated heterocycles. The van der Waals surface area contributed by atoms with Crippen LogP contribution in [0.4, 0.5) is 0 Å². The Morgan fingerprint density at radius 3 is 2.48 bits per heavy atom. The van der Waals surface area contributed by atoms with E-state index in [1.165, 1.54) is 6.20 Å². The summed E-state index contributed by atoms with van der Waals surface area (Å²) < 4.78 is 14.3. The number of hydrogen-bond acceptors (Lipinski definition) is 3. The van der Waals surface area contributed by atoms with Crippen LogP contribution in [0.15, 0.2) is 67.3 Å². The molecule has 0 aliphatic carbocycles. The Morgan fingerprint density at radius 1 is 1.05 bits per heavy atom. The molecule has 1 aromatic carbocycles. The molecule has 2 aromatic heterocycles. The topological polar surface area (TPSA) is 68.0 Å². The van der Waals surface area contributed by atoms with Crippen LogP contribution in [0.5, 0.6) is 0 Å². The van der Waals surface area contributed by atoms with Gasteiger partial charge in [-0.1, -0.05) is 18.2 Å². The first-order valence-corrected chi connectivity index (χ1v) is 7.68. The van der Waals surface area contributed by atoms with E-state index in [0.717, 1.165) is 0 Å². The third-order valence-corrected chi connectivity index (χ3v) is 4.79. The summed E-state index contributed by atoms with van der Waals surface area (Å²) in [6, 6.07) is 12.1. The first-order valence-electron chi connectivity index (χ1n) is 6.02. The van der Waals surface area contributed by atoms with Gasteiger partial charge >= 0.3 is 51.4 Å². The second kappa shape index (κ2) is 7.11. The Morgan fingerprint density at radius 2 is 1.81 bits per heavy atom. The molecule has 7 heteroatoms. The summed E-state index contributed by atoms with van der Waals surface area (Å²) in [7, 11) is -3.73. The molecular weight excluding hydrogens is 312 g/mol. The molecular formula is C14H12KN3O2P+. The molecule has 1 N–H and O–H groups in total. The molecule has 0 radical (unpaired) electrons.